The van der Waals surface area contributed by atoms with Gasteiger partial charge in [0, 0.05) is 9.75 Å². The molecule has 0 saturated carbocycles. The van der Waals surface area contributed by atoms with Gasteiger partial charge in [-0.2, -0.15) is 0 Å². The monoisotopic (exact) mass is 275 g/mol. The Labute approximate surface area is 119 Å². The van der Waals surface area contributed by atoms with Crippen LogP contribution in [0.2, 0.25) is 0 Å². The maximum Gasteiger partial charge on any atom is 0.119 e. The minimum atomic E-state index is 0.273. The second kappa shape index (κ2) is 6.22. The normalized spacial score (nSPS) is 12.4. The first kappa shape index (κ1) is 14.1. The van der Waals surface area contributed by atoms with Gasteiger partial charge in [0.05, 0.1) is 13.2 Å². The average Bonchev–Trinajstić information content (AvgIpc) is 2.83. The number of hydrogen-bond acceptors (Lipinski definition) is 3. The molecule has 0 aliphatic carbocycles. The Kier molecular flexibility index (Phi) is 4.61. The SMILES string of the molecule is CCNC(c1ccc(C)s1)c1ccc(OC)cc1C. The Hall–Kier alpha value is -1.32. The van der Waals surface area contributed by atoms with Gasteiger partial charge in [-0.25, -0.2) is 0 Å². The van der Waals surface area contributed by atoms with Crippen LogP contribution in [0.25, 0.3) is 0 Å². The lowest BCUT2D eigenvalue weighted by molar-refractivity contribution is 0.414. The molecule has 1 atom stereocenters. The van der Waals surface area contributed by atoms with Gasteiger partial charge in [-0.3, -0.25) is 0 Å². The summed E-state index contributed by atoms with van der Waals surface area (Å²) in [7, 11) is 1.71. The van der Waals surface area contributed by atoms with Crippen molar-refractivity contribution in [3.63, 3.8) is 0 Å². The van der Waals surface area contributed by atoms with Gasteiger partial charge in [0.1, 0.15) is 5.75 Å². The number of nitrogens with one attached hydrogen (secondary N) is 1. The van der Waals surface area contributed by atoms with Crippen molar-refractivity contribution in [1.82, 2.24) is 5.32 Å². The molecule has 1 aromatic heterocycles. The molecule has 3 heteroatoms. The summed E-state index contributed by atoms with van der Waals surface area (Å²) in [5.74, 6) is 0.916. The second-order valence-corrected chi connectivity index (χ2v) is 5.98. The summed E-state index contributed by atoms with van der Waals surface area (Å²) < 4.78 is 5.28. The maximum absolute atomic E-state index is 5.28. The van der Waals surface area contributed by atoms with E-state index in [0.29, 0.717) is 0 Å². The molecule has 0 saturated heterocycles. The Morgan fingerprint density at radius 1 is 1.21 bits per heavy atom. The van der Waals surface area contributed by atoms with Crippen LogP contribution in [-0.4, -0.2) is 13.7 Å². The number of benzene rings is 1. The van der Waals surface area contributed by atoms with Crippen molar-refractivity contribution >= 4 is 11.3 Å². The Morgan fingerprint density at radius 2 is 2.00 bits per heavy atom. The van der Waals surface area contributed by atoms with Crippen molar-refractivity contribution in [3.05, 3.63) is 51.2 Å². The molecule has 1 N–H and O–H groups in total. The van der Waals surface area contributed by atoms with E-state index in [0.717, 1.165) is 12.3 Å². The third-order valence-corrected chi connectivity index (χ3v) is 4.31. The summed E-state index contributed by atoms with van der Waals surface area (Å²) >= 11 is 1.86. The molecule has 2 nitrogen and oxygen atoms in total. The van der Waals surface area contributed by atoms with E-state index in [2.05, 4.69) is 50.4 Å². The van der Waals surface area contributed by atoms with Gasteiger partial charge >= 0.3 is 0 Å². The zero-order valence-corrected chi connectivity index (χ0v) is 12.8. The average molecular weight is 275 g/mol. The lowest BCUT2D eigenvalue weighted by atomic mass is 9.99. The molecule has 0 fully saturated rings. The Balaban J connectivity index is 2.39. The molecule has 1 unspecified atom stereocenters. The predicted octanol–water partition coefficient (Wildman–Crippen LogP) is 4.07. The van der Waals surface area contributed by atoms with Crippen LogP contribution in [0, 0.1) is 13.8 Å². The van der Waals surface area contributed by atoms with Gasteiger partial charge in [-0.15, -0.1) is 11.3 Å². The van der Waals surface area contributed by atoms with Crippen LogP contribution in [0.1, 0.15) is 33.8 Å². The molecule has 0 aliphatic rings. The summed E-state index contributed by atoms with van der Waals surface area (Å²) in [4.78, 5) is 2.72. The highest BCUT2D eigenvalue weighted by atomic mass is 32.1. The van der Waals surface area contributed by atoms with Crippen molar-refractivity contribution < 1.29 is 4.74 Å². The molecule has 1 aromatic carbocycles. The summed E-state index contributed by atoms with van der Waals surface area (Å²) in [6.45, 7) is 7.39. The first-order chi connectivity index (χ1) is 9.15. The molecule has 0 bridgehead atoms. The predicted molar refractivity (Wildman–Crippen MR) is 82.3 cm³/mol. The van der Waals surface area contributed by atoms with Crippen LogP contribution < -0.4 is 10.1 Å². The highest BCUT2D eigenvalue weighted by molar-refractivity contribution is 7.12. The zero-order valence-electron chi connectivity index (χ0n) is 12.0. The van der Waals surface area contributed by atoms with Crippen molar-refractivity contribution in [2.24, 2.45) is 0 Å². The summed E-state index contributed by atoms with van der Waals surface area (Å²) in [6.07, 6.45) is 0. The van der Waals surface area contributed by atoms with Gasteiger partial charge in [0.25, 0.3) is 0 Å². The van der Waals surface area contributed by atoms with E-state index in [1.165, 1.54) is 20.9 Å². The van der Waals surface area contributed by atoms with E-state index in [9.17, 15) is 0 Å². The van der Waals surface area contributed by atoms with Crippen LogP contribution in [0.4, 0.5) is 0 Å². The number of ether oxygens (including phenoxy) is 1. The van der Waals surface area contributed by atoms with E-state index in [1.807, 2.05) is 17.4 Å². The van der Waals surface area contributed by atoms with Crippen LogP contribution in [0.5, 0.6) is 5.75 Å². The number of aryl methyl sites for hydroxylation is 2. The highest BCUT2D eigenvalue weighted by Crippen LogP contribution is 2.31. The first-order valence-corrected chi connectivity index (χ1v) is 7.41. The molecule has 0 spiro atoms. The van der Waals surface area contributed by atoms with Crippen molar-refractivity contribution in [2.45, 2.75) is 26.8 Å². The smallest absolute Gasteiger partial charge is 0.119 e. The molecule has 2 rings (SSSR count). The van der Waals surface area contributed by atoms with Crippen LogP contribution in [0.15, 0.2) is 30.3 Å². The van der Waals surface area contributed by atoms with E-state index in [4.69, 9.17) is 4.74 Å². The van der Waals surface area contributed by atoms with Gasteiger partial charge < -0.3 is 10.1 Å². The molecule has 0 radical (unpaired) electrons. The number of methoxy groups -OCH3 is 1. The maximum atomic E-state index is 5.28. The fourth-order valence-electron chi connectivity index (χ4n) is 2.28. The molecule has 102 valence electrons. The standard InChI is InChI=1S/C16H21NOS/c1-5-17-16(15-9-6-12(3)19-15)14-8-7-13(18-4)10-11(14)2/h6-10,16-17H,5H2,1-4H3. The van der Waals surface area contributed by atoms with Crippen LogP contribution in [-0.2, 0) is 0 Å². The number of hydrogen-bond donors (Lipinski definition) is 1. The summed E-state index contributed by atoms with van der Waals surface area (Å²) in [6, 6.07) is 11.0. The van der Waals surface area contributed by atoms with Crippen molar-refractivity contribution in [2.75, 3.05) is 13.7 Å². The Morgan fingerprint density at radius 3 is 2.53 bits per heavy atom. The summed E-state index contributed by atoms with van der Waals surface area (Å²) in [5, 5.41) is 3.58. The number of thiophene rings is 1. The first-order valence-electron chi connectivity index (χ1n) is 6.60. The minimum Gasteiger partial charge on any atom is -0.497 e. The van der Waals surface area contributed by atoms with Gasteiger partial charge in [-0.1, -0.05) is 13.0 Å². The lowest BCUT2D eigenvalue weighted by Gasteiger charge is -2.19. The third-order valence-electron chi connectivity index (χ3n) is 3.24. The van der Waals surface area contributed by atoms with Crippen LogP contribution in [0.3, 0.4) is 0 Å². The molecule has 1 heterocycles. The van der Waals surface area contributed by atoms with Gasteiger partial charge in [-0.05, 0) is 55.8 Å². The summed E-state index contributed by atoms with van der Waals surface area (Å²) in [5.41, 5.74) is 2.58. The molecule has 0 amide bonds. The number of rotatable bonds is 5. The highest BCUT2D eigenvalue weighted by Gasteiger charge is 2.17. The van der Waals surface area contributed by atoms with E-state index >= 15 is 0 Å². The van der Waals surface area contributed by atoms with Gasteiger partial charge in [0.15, 0.2) is 0 Å². The molecular weight excluding hydrogens is 254 g/mol. The zero-order chi connectivity index (χ0) is 13.8. The molecule has 0 aliphatic heterocycles. The minimum absolute atomic E-state index is 0.273. The van der Waals surface area contributed by atoms with Crippen molar-refractivity contribution in [1.29, 1.82) is 0 Å². The van der Waals surface area contributed by atoms with Crippen molar-refractivity contribution in [3.8, 4) is 5.75 Å². The second-order valence-electron chi connectivity index (χ2n) is 4.66. The fourth-order valence-corrected chi connectivity index (χ4v) is 3.25. The Bertz CT molecular complexity index is 547. The molecule has 2 aromatic rings. The largest absolute Gasteiger partial charge is 0.497 e. The van der Waals surface area contributed by atoms with E-state index in [1.54, 1.807) is 7.11 Å². The van der Waals surface area contributed by atoms with E-state index < -0.39 is 0 Å². The lowest BCUT2D eigenvalue weighted by Crippen LogP contribution is -2.21. The molecule has 19 heavy (non-hydrogen) atoms. The van der Waals surface area contributed by atoms with E-state index in [-0.39, 0.29) is 6.04 Å². The third kappa shape index (κ3) is 3.17. The molecular formula is C16H21NOS. The van der Waals surface area contributed by atoms with Gasteiger partial charge in [0.2, 0.25) is 0 Å². The quantitative estimate of drug-likeness (QED) is 0.888. The van der Waals surface area contributed by atoms with Crippen LogP contribution >= 0.6 is 11.3 Å². The topological polar surface area (TPSA) is 21.3 Å². The fraction of sp³-hybridized carbons (Fsp3) is 0.375.